The van der Waals surface area contributed by atoms with E-state index < -0.39 is 5.82 Å². The van der Waals surface area contributed by atoms with Crippen molar-refractivity contribution in [2.75, 3.05) is 31.4 Å². The number of anilines is 2. The third kappa shape index (κ3) is 3.28. The molecular formula is C9H17FN6. The number of hydrazine groups is 1. The minimum atomic E-state index is -0.495. The maximum absolute atomic E-state index is 13.3. The Morgan fingerprint density at radius 1 is 1.56 bits per heavy atom. The molecule has 6 nitrogen and oxygen atoms in total. The highest BCUT2D eigenvalue weighted by Crippen LogP contribution is 2.11. The first-order valence-electron chi connectivity index (χ1n) is 4.94. The van der Waals surface area contributed by atoms with Gasteiger partial charge in [0.2, 0.25) is 5.95 Å². The molecule has 7 heteroatoms. The summed E-state index contributed by atoms with van der Waals surface area (Å²) in [5.41, 5.74) is 2.27. The summed E-state index contributed by atoms with van der Waals surface area (Å²) in [5, 5.41) is 2.91. The summed E-state index contributed by atoms with van der Waals surface area (Å²) >= 11 is 0. The van der Waals surface area contributed by atoms with Crippen LogP contribution in [0.5, 0.6) is 0 Å². The minimum absolute atomic E-state index is 0.150. The zero-order valence-electron chi connectivity index (χ0n) is 9.66. The predicted octanol–water partition coefficient (Wildman–Crippen LogP) is 0.263. The van der Waals surface area contributed by atoms with E-state index in [-0.39, 0.29) is 17.8 Å². The first-order valence-corrected chi connectivity index (χ1v) is 4.94. The van der Waals surface area contributed by atoms with E-state index in [9.17, 15) is 4.39 Å². The number of nitrogens with zero attached hydrogens (tertiary/aromatic N) is 3. The molecule has 1 atom stereocenters. The number of nitrogen functional groups attached to an aromatic ring is 1. The van der Waals surface area contributed by atoms with Crippen molar-refractivity contribution < 1.29 is 4.39 Å². The van der Waals surface area contributed by atoms with Gasteiger partial charge >= 0.3 is 0 Å². The molecule has 0 fully saturated rings. The van der Waals surface area contributed by atoms with E-state index in [1.807, 2.05) is 25.9 Å². The second-order valence-electron chi connectivity index (χ2n) is 3.73. The van der Waals surface area contributed by atoms with Crippen LogP contribution >= 0.6 is 0 Å². The number of likely N-dealkylation sites (N-methyl/N-ethyl adjacent to an activating group) is 1. The van der Waals surface area contributed by atoms with Gasteiger partial charge in [-0.1, -0.05) is 0 Å². The molecule has 0 spiro atoms. The number of halogens is 1. The van der Waals surface area contributed by atoms with Gasteiger partial charge in [-0.05, 0) is 21.0 Å². The summed E-state index contributed by atoms with van der Waals surface area (Å²) in [6.07, 6.45) is 1.07. The lowest BCUT2D eigenvalue weighted by Gasteiger charge is -2.20. The summed E-state index contributed by atoms with van der Waals surface area (Å²) in [5.74, 6) is 4.98. The maximum atomic E-state index is 13.3. The van der Waals surface area contributed by atoms with E-state index in [1.54, 1.807) is 0 Å². The van der Waals surface area contributed by atoms with Crippen molar-refractivity contribution >= 4 is 11.8 Å². The van der Waals surface area contributed by atoms with Gasteiger partial charge in [0.1, 0.15) is 0 Å². The van der Waals surface area contributed by atoms with Crippen LogP contribution in [0.1, 0.15) is 6.92 Å². The van der Waals surface area contributed by atoms with Gasteiger partial charge in [-0.3, -0.25) is 5.43 Å². The van der Waals surface area contributed by atoms with Gasteiger partial charge in [0.25, 0.3) is 0 Å². The van der Waals surface area contributed by atoms with Gasteiger partial charge in [-0.2, -0.15) is 4.98 Å². The lowest BCUT2D eigenvalue weighted by molar-refractivity contribution is 0.325. The Hall–Kier alpha value is -1.47. The molecule has 4 N–H and O–H groups in total. The van der Waals surface area contributed by atoms with Crippen LogP contribution in [0.3, 0.4) is 0 Å². The summed E-state index contributed by atoms with van der Waals surface area (Å²) in [6, 6.07) is 0.267. The number of nitrogens with one attached hydrogen (secondary N) is 2. The van der Waals surface area contributed by atoms with Crippen LogP contribution in [0, 0.1) is 5.82 Å². The largest absolute Gasteiger partial charge is 0.366 e. The van der Waals surface area contributed by atoms with Gasteiger partial charge in [0.05, 0.1) is 6.20 Å². The van der Waals surface area contributed by atoms with Crippen molar-refractivity contribution in [1.29, 1.82) is 0 Å². The second-order valence-corrected chi connectivity index (χ2v) is 3.73. The maximum Gasteiger partial charge on any atom is 0.239 e. The molecule has 0 saturated heterocycles. The van der Waals surface area contributed by atoms with E-state index >= 15 is 0 Å². The SMILES string of the molecule is CC(CNc1nc(NN)ncc1F)N(C)C. The summed E-state index contributed by atoms with van der Waals surface area (Å²) in [4.78, 5) is 9.54. The van der Waals surface area contributed by atoms with Crippen molar-refractivity contribution in [3.63, 3.8) is 0 Å². The molecule has 0 aliphatic rings. The van der Waals surface area contributed by atoms with Gasteiger partial charge in [-0.25, -0.2) is 15.2 Å². The molecule has 1 unspecified atom stereocenters. The molecule has 0 bridgehead atoms. The van der Waals surface area contributed by atoms with Crippen LogP contribution in [-0.4, -0.2) is 41.5 Å². The Labute approximate surface area is 94.0 Å². The molecule has 0 aliphatic carbocycles. The van der Waals surface area contributed by atoms with E-state index in [2.05, 4.69) is 20.7 Å². The highest BCUT2D eigenvalue weighted by atomic mass is 19.1. The van der Waals surface area contributed by atoms with Crippen LogP contribution in [0.25, 0.3) is 0 Å². The molecule has 0 aromatic carbocycles. The van der Waals surface area contributed by atoms with Crippen molar-refractivity contribution in [3.8, 4) is 0 Å². The molecule has 0 radical (unpaired) electrons. The van der Waals surface area contributed by atoms with Crippen LogP contribution < -0.4 is 16.6 Å². The Morgan fingerprint density at radius 2 is 2.25 bits per heavy atom. The topological polar surface area (TPSA) is 79.1 Å². The van der Waals surface area contributed by atoms with Crippen molar-refractivity contribution in [2.24, 2.45) is 5.84 Å². The average molecular weight is 228 g/mol. The number of nitrogens with two attached hydrogens (primary N) is 1. The fraction of sp³-hybridized carbons (Fsp3) is 0.556. The lowest BCUT2D eigenvalue weighted by atomic mass is 10.3. The summed E-state index contributed by atoms with van der Waals surface area (Å²) < 4.78 is 13.3. The van der Waals surface area contributed by atoms with Crippen LogP contribution in [0.2, 0.25) is 0 Å². The Kier molecular flexibility index (Phi) is 4.39. The standard InChI is InChI=1S/C9H17FN6/c1-6(16(2)3)4-12-8-7(10)5-13-9(14-8)15-11/h5-6H,4,11H2,1-3H3,(H2,12,13,14,15). The molecular weight excluding hydrogens is 211 g/mol. The normalized spacial score (nSPS) is 12.6. The molecule has 0 amide bonds. The average Bonchev–Trinajstić information content (AvgIpc) is 2.27. The Balaban J connectivity index is 2.65. The van der Waals surface area contributed by atoms with Crippen LogP contribution in [0.15, 0.2) is 6.20 Å². The molecule has 0 saturated carbocycles. The first-order chi connectivity index (χ1) is 7.54. The highest BCUT2D eigenvalue weighted by molar-refractivity contribution is 5.40. The lowest BCUT2D eigenvalue weighted by Crippen LogP contribution is -2.32. The zero-order valence-corrected chi connectivity index (χ0v) is 9.66. The quantitative estimate of drug-likeness (QED) is 0.495. The number of hydrogen-bond donors (Lipinski definition) is 3. The summed E-state index contributed by atoms with van der Waals surface area (Å²) in [6.45, 7) is 2.61. The molecule has 1 aromatic heterocycles. The van der Waals surface area contributed by atoms with Crippen molar-refractivity contribution in [2.45, 2.75) is 13.0 Å². The monoisotopic (exact) mass is 228 g/mol. The molecule has 1 aromatic rings. The Bertz CT molecular complexity index is 343. The molecule has 1 rings (SSSR count). The van der Waals surface area contributed by atoms with Crippen molar-refractivity contribution in [1.82, 2.24) is 14.9 Å². The molecule has 16 heavy (non-hydrogen) atoms. The third-order valence-electron chi connectivity index (χ3n) is 2.32. The number of hydrogen-bond acceptors (Lipinski definition) is 6. The third-order valence-corrected chi connectivity index (χ3v) is 2.32. The number of aromatic nitrogens is 2. The first kappa shape index (κ1) is 12.6. The fourth-order valence-corrected chi connectivity index (χ4v) is 0.988. The van der Waals surface area contributed by atoms with Gasteiger partial charge in [0.15, 0.2) is 11.6 Å². The minimum Gasteiger partial charge on any atom is -0.366 e. The van der Waals surface area contributed by atoms with Gasteiger partial charge < -0.3 is 10.2 Å². The summed E-state index contributed by atoms with van der Waals surface area (Å²) in [7, 11) is 3.91. The van der Waals surface area contributed by atoms with Gasteiger partial charge in [-0.15, -0.1) is 0 Å². The predicted molar refractivity (Wildman–Crippen MR) is 61.4 cm³/mol. The van der Waals surface area contributed by atoms with Gasteiger partial charge in [0, 0.05) is 12.6 Å². The molecule has 0 aliphatic heterocycles. The van der Waals surface area contributed by atoms with Crippen molar-refractivity contribution in [3.05, 3.63) is 12.0 Å². The van der Waals surface area contributed by atoms with E-state index in [0.29, 0.717) is 6.54 Å². The van der Waals surface area contributed by atoms with Crippen LogP contribution in [-0.2, 0) is 0 Å². The fourth-order valence-electron chi connectivity index (χ4n) is 0.988. The smallest absolute Gasteiger partial charge is 0.239 e. The van der Waals surface area contributed by atoms with E-state index in [4.69, 9.17) is 5.84 Å². The van der Waals surface area contributed by atoms with E-state index in [1.165, 1.54) is 0 Å². The number of rotatable bonds is 5. The second kappa shape index (κ2) is 5.57. The van der Waals surface area contributed by atoms with E-state index in [0.717, 1.165) is 6.20 Å². The molecule has 1 heterocycles. The Morgan fingerprint density at radius 3 is 2.81 bits per heavy atom. The highest BCUT2D eigenvalue weighted by Gasteiger charge is 2.09. The molecule has 90 valence electrons. The zero-order chi connectivity index (χ0) is 12.1. The van der Waals surface area contributed by atoms with Crippen LogP contribution in [0.4, 0.5) is 16.2 Å².